The summed E-state index contributed by atoms with van der Waals surface area (Å²) in [4.78, 5) is 12.2. The first-order chi connectivity index (χ1) is 12.7. The van der Waals surface area contributed by atoms with Crippen LogP contribution in [0.5, 0.6) is 11.5 Å². The van der Waals surface area contributed by atoms with Gasteiger partial charge in [0.1, 0.15) is 11.5 Å². The number of methoxy groups -OCH3 is 2. The largest absolute Gasteiger partial charge is 0.497 e. The van der Waals surface area contributed by atoms with Gasteiger partial charge in [-0.05, 0) is 28.5 Å². The maximum Gasteiger partial charge on any atom is 0.234 e. The van der Waals surface area contributed by atoms with Crippen LogP contribution in [-0.2, 0) is 10.5 Å². The lowest BCUT2D eigenvalue weighted by molar-refractivity contribution is -0.113. The summed E-state index contributed by atoms with van der Waals surface area (Å²) in [5, 5.41) is 5.34. The van der Waals surface area contributed by atoms with Gasteiger partial charge in [-0.2, -0.15) is 0 Å². The van der Waals surface area contributed by atoms with Crippen molar-refractivity contribution >= 4 is 34.1 Å². The summed E-state index contributed by atoms with van der Waals surface area (Å²) in [5.74, 6) is 2.38. The minimum absolute atomic E-state index is 0.0562. The van der Waals surface area contributed by atoms with Gasteiger partial charge in [-0.1, -0.05) is 42.5 Å². The van der Waals surface area contributed by atoms with Gasteiger partial charge in [0.15, 0.2) is 0 Å². The third-order valence-electron chi connectivity index (χ3n) is 4.00. The van der Waals surface area contributed by atoms with Crippen LogP contribution in [0.4, 0.5) is 5.69 Å². The number of anilines is 1. The van der Waals surface area contributed by atoms with E-state index in [9.17, 15) is 4.79 Å². The number of amides is 1. The van der Waals surface area contributed by atoms with Crippen LogP contribution in [0.3, 0.4) is 0 Å². The third-order valence-corrected chi connectivity index (χ3v) is 5.00. The number of carbonyl (C=O) groups is 1. The summed E-state index contributed by atoms with van der Waals surface area (Å²) in [6.45, 7) is 0. The lowest BCUT2D eigenvalue weighted by Crippen LogP contribution is -2.14. The highest BCUT2D eigenvalue weighted by Gasteiger charge is 2.09. The van der Waals surface area contributed by atoms with Gasteiger partial charge in [-0.15, -0.1) is 11.8 Å². The molecule has 3 aromatic rings. The Morgan fingerprint density at radius 2 is 1.77 bits per heavy atom. The summed E-state index contributed by atoms with van der Waals surface area (Å²) in [5.41, 5.74) is 1.85. The Labute approximate surface area is 157 Å². The molecule has 3 aromatic carbocycles. The van der Waals surface area contributed by atoms with Crippen LogP contribution in [-0.4, -0.2) is 25.9 Å². The average Bonchev–Trinajstić information content (AvgIpc) is 2.68. The Hall–Kier alpha value is -2.66. The topological polar surface area (TPSA) is 47.6 Å². The number of nitrogens with one attached hydrogen (secondary N) is 1. The zero-order chi connectivity index (χ0) is 18.4. The first kappa shape index (κ1) is 18.1. The molecule has 4 nitrogen and oxygen atoms in total. The third kappa shape index (κ3) is 4.49. The molecule has 0 atom stereocenters. The standard InChI is InChI=1S/C21H21NO3S/c1-24-18-9-10-19(20(12-18)25-2)22-21(23)14-26-13-15-7-8-16-5-3-4-6-17(16)11-15/h3-12H,13-14H2,1-2H3,(H,22,23). The van der Waals surface area contributed by atoms with Gasteiger partial charge in [-0.25, -0.2) is 0 Å². The van der Waals surface area contributed by atoms with Crippen molar-refractivity contribution in [3.8, 4) is 11.5 Å². The normalized spacial score (nSPS) is 10.5. The van der Waals surface area contributed by atoms with Crippen LogP contribution in [0.15, 0.2) is 60.7 Å². The maximum absolute atomic E-state index is 12.2. The van der Waals surface area contributed by atoms with Crippen molar-refractivity contribution in [3.63, 3.8) is 0 Å². The van der Waals surface area contributed by atoms with Crippen molar-refractivity contribution in [1.29, 1.82) is 0 Å². The van der Waals surface area contributed by atoms with Gasteiger partial charge in [0.05, 0.1) is 25.7 Å². The molecule has 0 spiro atoms. The van der Waals surface area contributed by atoms with Crippen molar-refractivity contribution in [3.05, 3.63) is 66.2 Å². The van der Waals surface area contributed by atoms with E-state index in [1.54, 1.807) is 44.2 Å². The van der Waals surface area contributed by atoms with E-state index >= 15 is 0 Å². The molecule has 0 bridgehead atoms. The van der Waals surface area contributed by atoms with Gasteiger partial charge in [0.2, 0.25) is 5.91 Å². The van der Waals surface area contributed by atoms with Crippen LogP contribution >= 0.6 is 11.8 Å². The number of hydrogen-bond donors (Lipinski definition) is 1. The Morgan fingerprint density at radius 3 is 2.54 bits per heavy atom. The molecule has 0 saturated carbocycles. The lowest BCUT2D eigenvalue weighted by atomic mass is 10.1. The first-order valence-corrected chi connectivity index (χ1v) is 9.42. The lowest BCUT2D eigenvalue weighted by Gasteiger charge is -2.11. The molecule has 0 radical (unpaired) electrons. The molecule has 134 valence electrons. The first-order valence-electron chi connectivity index (χ1n) is 8.27. The summed E-state index contributed by atoms with van der Waals surface area (Å²) < 4.78 is 10.5. The molecule has 1 N–H and O–H groups in total. The highest BCUT2D eigenvalue weighted by Crippen LogP contribution is 2.29. The van der Waals surface area contributed by atoms with Crippen molar-refractivity contribution in [2.45, 2.75) is 5.75 Å². The molecule has 3 rings (SSSR count). The fourth-order valence-electron chi connectivity index (χ4n) is 2.68. The van der Waals surface area contributed by atoms with E-state index in [4.69, 9.17) is 9.47 Å². The second-order valence-corrected chi connectivity index (χ2v) is 6.77. The van der Waals surface area contributed by atoms with Gasteiger partial charge in [0.25, 0.3) is 0 Å². The molecule has 1 amide bonds. The van der Waals surface area contributed by atoms with E-state index < -0.39 is 0 Å². The molecular formula is C21H21NO3S. The summed E-state index contributed by atoms with van der Waals surface area (Å²) in [6, 6.07) is 20.0. The van der Waals surface area contributed by atoms with Crippen LogP contribution in [0.1, 0.15) is 5.56 Å². The second-order valence-electron chi connectivity index (χ2n) is 5.79. The summed E-state index contributed by atoms with van der Waals surface area (Å²) >= 11 is 1.59. The predicted octanol–water partition coefficient (Wildman–Crippen LogP) is 4.73. The molecule has 0 fully saturated rings. The number of rotatable bonds is 7. The smallest absolute Gasteiger partial charge is 0.234 e. The molecule has 0 heterocycles. The SMILES string of the molecule is COc1ccc(NC(=O)CSCc2ccc3ccccc3c2)c(OC)c1. The van der Waals surface area contributed by atoms with E-state index in [-0.39, 0.29) is 5.91 Å². The molecule has 0 aliphatic heterocycles. The van der Waals surface area contributed by atoms with Gasteiger partial charge in [-0.3, -0.25) is 4.79 Å². The quantitative estimate of drug-likeness (QED) is 0.656. The highest BCUT2D eigenvalue weighted by atomic mass is 32.2. The minimum atomic E-state index is -0.0562. The second kappa shape index (κ2) is 8.63. The van der Waals surface area contributed by atoms with Gasteiger partial charge >= 0.3 is 0 Å². The Bertz CT molecular complexity index is 911. The molecule has 0 saturated heterocycles. The molecule has 0 aliphatic carbocycles. The summed E-state index contributed by atoms with van der Waals surface area (Å²) in [7, 11) is 3.16. The Balaban J connectivity index is 1.55. The van der Waals surface area contributed by atoms with E-state index in [1.165, 1.54) is 16.3 Å². The van der Waals surface area contributed by atoms with Gasteiger partial charge in [0, 0.05) is 11.8 Å². The van der Waals surface area contributed by atoms with Crippen LogP contribution in [0.25, 0.3) is 10.8 Å². The maximum atomic E-state index is 12.2. The number of fused-ring (bicyclic) bond motifs is 1. The fraction of sp³-hybridized carbons (Fsp3) is 0.190. The number of benzene rings is 3. The Morgan fingerprint density at radius 1 is 0.962 bits per heavy atom. The zero-order valence-electron chi connectivity index (χ0n) is 14.8. The predicted molar refractivity (Wildman–Crippen MR) is 108 cm³/mol. The van der Waals surface area contributed by atoms with Crippen LogP contribution in [0, 0.1) is 0 Å². The van der Waals surface area contributed by atoms with Crippen molar-refractivity contribution in [2.75, 3.05) is 25.3 Å². The molecule has 0 aromatic heterocycles. The minimum Gasteiger partial charge on any atom is -0.497 e. The van der Waals surface area contributed by atoms with E-state index in [0.29, 0.717) is 22.9 Å². The average molecular weight is 367 g/mol. The number of ether oxygens (including phenoxy) is 2. The number of hydrogen-bond acceptors (Lipinski definition) is 4. The van der Waals surface area contributed by atoms with Crippen LogP contribution < -0.4 is 14.8 Å². The zero-order valence-corrected chi connectivity index (χ0v) is 15.6. The molecular weight excluding hydrogens is 346 g/mol. The van der Waals surface area contributed by atoms with Crippen LogP contribution in [0.2, 0.25) is 0 Å². The van der Waals surface area contributed by atoms with E-state index in [1.807, 2.05) is 12.1 Å². The molecule has 5 heteroatoms. The van der Waals surface area contributed by atoms with Crippen molar-refractivity contribution in [1.82, 2.24) is 0 Å². The van der Waals surface area contributed by atoms with Gasteiger partial charge < -0.3 is 14.8 Å². The fourth-order valence-corrected chi connectivity index (χ4v) is 3.45. The Kier molecular flexibility index (Phi) is 6.02. The summed E-state index contributed by atoms with van der Waals surface area (Å²) in [6.07, 6.45) is 0. The number of carbonyl (C=O) groups excluding carboxylic acids is 1. The van der Waals surface area contributed by atoms with Crippen molar-refractivity contribution in [2.24, 2.45) is 0 Å². The molecule has 0 unspecified atom stereocenters. The molecule has 26 heavy (non-hydrogen) atoms. The highest BCUT2D eigenvalue weighted by molar-refractivity contribution is 7.99. The monoisotopic (exact) mass is 367 g/mol. The molecule has 0 aliphatic rings. The van der Waals surface area contributed by atoms with Crippen molar-refractivity contribution < 1.29 is 14.3 Å². The van der Waals surface area contributed by atoms with E-state index in [0.717, 1.165) is 5.75 Å². The number of thioether (sulfide) groups is 1. The van der Waals surface area contributed by atoms with E-state index in [2.05, 4.69) is 35.6 Å².